The van der Waals surface area contributed by atoms with E-state index in [1.54, 1.807) is 24.5 Å². The molecule has 1 aliphatic rings. The molecule has 1 aromatic carbocycles. The summed E-state index contributed by atoms with van der Waals surface area (Å²) in [6.07, 6.45) is -0.757. The van der Waals surface area contributed by atoms with Crippen molar-refractivity contribution < 1.29 is 26.4 Å². The van der Waals surface area contributed by atoms with Gasteiger partial charge in [0.25, 0.3) is 0 Å². The Morgan fingerprint density at radius 3 is 2.40 bits per heavy atom. The van der Waals surface area contributed by atoms with Crippen LogP contribution in [0, 0.1) is 5.92 Å². The van der Waals surface area contributed by atoms with Gasteiger partial charge in [0.05, 0.1) is 16.5 Å². The van der Waals surface area contributed by atoms with Gasteiger partial charge in [0.2, 0.25) is 15.9 Å². The number of hydrogen-bond donors (Lipinski definition) is 1. The molecule has 1 N–H and O–H groups in total. The second-order valence-electron chi connectivity index (χ2n) is 7.21. The highest BCUT2D eigenvalue weighted by Gasteiger charge is 2.35. The van der Waals surface area contributed by atoms with Gasteiger partial charge in [-0.25, -0.2) is 8.42 Å². The number of alkyl halides is 3. The van der Waals surface area contributed by atoms with Crippen LogP contribution in [0.4, 0.5) is 13.2 Å². The highest BCUT2D eigenvalue weighted by molar-refractivity contribution is 7.89. The average molecular weight is 441 g/mol. The molecule has 1 amide bonds. The summed E-state index contributed by atoms with van der Waals surface area (Å²) >= 11 is 0. The minimum atomic E-state index is -4.62. The third-order valence-electron chi connectivity index (χ3n) is 5.19. The number of piperidine rings is 1. The third kappa shape index (κ3) is 4.99. The lowest BCUT2D eigenvalue weighted by Gasteiger charge is -2.31. The van der Waals surface area contributed by atoms with E-state index in [4.69, 9.17) is 0 Å². The summed E-state index contributed by atoms with van der Waals surface area (Å²) in [6, 6.07) is 7.09. The lowest BCUT2D eigenvalue weighted by atomic mass is 9.96. The number of carbonyl (C=O) groups is 1. The van der Waals surface area contributed by atoms with Crippen molar-refractivity contribution in [3.63, 3.8) is 0 Å². The van der Waals surface area contributed by atoms with Crippen molar-refractivity contribution in [3.05, 3.63) is 59.9 Å². The molecule has 0 radical (unpaired) electrons. The van der Waals surface area contributed by atoms with Crippen LogP contribution in [0.25, 0.3) is 0 Å². The molecule has 2 aromatic rings. The topological polar surface area (TPSA) is 79.4 Å². The first kappa shape index (κ1) is 22.2. The van der Waals surface area contributed by atoms with Crippen molar-refractivity contribution in [1.82, 2.24) is 14.6 Å². The Morgan fingerprint density at radius 1 is 1.17 bits per heavy atom. The van der Waals surface area contributed by atoms with Gasteiger partial charge >= 0.3 is 6.18 Å². The van der Waals surface area contributed by atoms with Gasteiger partial charge in [0.15, 0.2) is 0 Å². The number of carbonyl (C=O) groups excluding carboxylic acids is 1. The van der Waals surface area contributed by atoms with Crippen LogP contribution in [0.1, 0.15) is 36.9 Å². The Balaban J connectivity index is 1.63. The van der Waals surface area contributed by atoms with Crippen molar-refractivity contribution >= 4 is 15.9 Å². The second kappa shape index (κ2) is 8.73. The number of nitrogens with zero attached hydrogens (tertiary/aromatic N) is 2. The molecule has 162 valence electrons. The maximum absolute atomic E-state index is 12.9. The summed E-state index contributed by atoms with van der Waals surface area (Å²) in [5.41, 5.74) is -0.106. The van der Waals surface area contributed by atoms with Crippen LogP contribution in [0.15, 0.2) is 53.7 Å². The first-order valence-electron chi connectivity index (χ1n) is 9.47. The van der Waals surface area contributed by atoms with E-state index >= 15 is 0 Å². The van der Waals surface area contributed by atoms with Gasteiger partial charge in [-0.15, -0.1) is 0 Å². The molecule has 3 rings (SSSR count). The maximum Gasteiger partial charge on any atom is 0.416 e. The van der Waals surface area contributed by atoms with E-state index in [0.29, 0.717) is 18.9 Å². The van der Waals surface area contributed by atoms with Crippen LogP contribution >= 0.6 is 0 Å². The Bertz CT molecular complexity index is 989. The highest BCUT2D eigenvalue weighted by Crippen LogP contribution is 2.32. The molecule has 1 aromatic heterocycles. The van der Waals surface area contributed by atoms with Crippen LogP contribution in [0.5, 0.6) is 0 Å². The number of nitrogens with one attached hydrogen (secondary N) is 1. The molecule has 1 fully saturated rings. The SMILES string of the molecule is CC(NC(=O)C1CCN(S(=O)(=O)c2cccc(C(F)(F)F)c2)CC1)c1ccncc1. The number of aromatic nitrogens is 1. The number of sulfonamides is 1. The number of amides is 1. The van der Waals surface area contributed by atoms with Gasteiger partial charge in [0.1, 0.15) is 0 Å². The van der Waals surface area contributed by atoms with Crippen molar-refractivity contribution in [3.8, 4) is 0 Å². The third-order valence-corrected chi connectivity index (χ3v) is 7.08. The van der Waals surface area contributed by atoms with Crippen LogP contribution < -0.4 is 5.32 Å². The monoisotopic (exact) mass is 441 g/mol. The van der Waals surface area contributed by atoms with E-state index in [1.807, 2.05) is 6.92 Å². The Kier molecular flexibility index (Phi) is 6.47. The van der Waals surface area contributed by atoms with Gasteiger partial charge < -0.3 is 5.32 Å². The van der Waals surface area contributed by atoms with Crippen LogP contribution in [0.2, 0.25) is 0 Å². The molecule has 10 heteroatoms. The normalized spacial score (nSPS) is 17.5. The molecule has 0 bridgehead atoms. The Labute approximate surface area is 173 Å². The first-order chi connectivity index (χ1) is 14.1. The number of pyridine rings is 1. The van der Waals surface area contributed by atoms with Gasteiger partial charge in [-0.2, -0.15) is 17.5 Å². The van der Waals surface area contributed by atoms with E-state index in [-0.39, 0.29) is 31.0 Å². The first-order valence-corrected chi connectivity index (χ1v) is 10.9. The zero-order valence-electron chi connectivity index (χ0n) is 16.3. The van der Waals surface area contributed by atoms with Crippen LogP contribution in [0.3, 0.4) is 0 Å². The fourth-order valence-electron chi connectivity index (χ4n) is 3.41. The fraction of sp³-hybridized carbons (Fsp3) is 0.400. The molecular weight excluding hydrogens is 419 g/mol. The van der Waals surface area contributed by atoms with Gasteiger partial charge in [-0.1, -0.05) is 6.07 Å². The zero-order chi connectivity index (χ0) is 21.9. The van der Waals surface area contributed by atoms with E-state index in [0.717, 1.165) is 28.1 Å². The van der Waals surface area contributed by atoms with Gasteiger partial charge in [0, 0.05) is 31.4 Å². The molecule has 2 heterocycles. The average Bonchev–Trinajstić information content (AvgIpc) is 2.74. The van der Waals surface area contributed by atoms with E-state index < -0.39 is 26.7 Å². The Hall–Kier alpha value is -2.46. The Morgan fingerprint density at radius 2 is 1.80 bits per heavy atom. The smallest absolute Gasteiger partial charge is 0.349 e. The lowest BCUT2D eigenvalue weighted by Crippen LogP contribution is -2.43. The molecule has 1 unspecified atom stereocenters. The van der Waals surface area contributed by atoms with E-state index in [2.05, 4.69) is 10.3 Å². The highest BCUT2D eigenvalue weighted by atomic mass is 32.2. The van der Waals surface area contributed by atoms with Gasteiger partial charge in [-0.05, 0) is 55.7 Å². The van der Waals surface area contributed by atoms with Crippen molar-refractivity contribution in [2.45, 2.75) is 36.9 Å². The molecule has 1 aliphatic heterocycles. The van der Waals surface area contributed by atoms with Crippen LogP contribution in [-0.4, -0.2) is 36.7 Å². The molecule has 1 atom stereocenters. The van der Waals surface area contributed by atoms with E-state index in [1.165, 1.54) is 0 Å². The summed E-state index contributed by atoms with van der Waals surface area (Å²) in [7, 11) is -4.07. The van der Waals surface area contributed by atoms with Crippen molar-refractivity contribution in [2.75, 3.05) is 13.1 Å². The van der Waals surface area contributed by atoms with Crippen molar-refractivity contribution in [1.29, 1.82) is 0 Å². The summed E-state index contributed by atoms with van der Waals surface area (Å²) in [5.74, 6) is -0.530. The molecule has 1 saturated heterocycles. The molecule has 30 heavy (non-hydrogen) atoms. The van der Waals surface area contributed by atoms with Crippen LogP contribution in [-0.2, 0) is 21.0 Å². The lowest BCUT2D eigenvalue weighted by molar-refractivity contribution is -0.137. The minimum Gasteiger partial charge on any atom is -0.349 e. The second-order valence-corrected chi connectivity index (χ2v) is 9.15. The molecule has 0 aliphatic carbocycles. The molecule has 6 nitrogen and oxygen atoms in total. The zero-order valence-corrected chi connectivity index (χ0v) is 17.1. The summed E-state index contributed by atoms with van der Waals surface area (Å²) in [4.78, 5) is 16.1. The predicted octanol–water partition coefficient (Wildman–Crippen LogP) is 3.38. The van der Waals surface area contributed by atoms with Gasteiger partial charge in [-0.3, -0.25) is 9.78 Å². The number of benzene rings is 1. The largest absolute Gasteiger partial charge is 0.416 e. The quantitative estimate of drug-likeness (QED) is 0.772. The van der Waals surface area contributed by atoms with E-state index in [9.17, 15) is 26.4 Å². The summed E-state index contributed by atoms with van der Waals surface area (Å²) in [6.45, 7) is 1.99. The number of halogens is 3. The summed E-state index contributed by atoms with van der Waals surface area (Å²) in [5, 5.41) is 2.92. The molecular formula is C20H22F3N3O3S. The van der Waals surface area contributed by atoms with Crippen molar-refractivity contribution in [2.24, 2.45) is 5.92 Å². The summed E-state index contributed by atoms with van der Waals surface area (Å²) < 4.78 is 65.4. The minimum absolute atomic E-state index is 0.0697. The molecule has 0 saturated carbocycles. The number of rotatable bonds is 5. The standard InChI is InChI=1S/C20H22F3N3O3S/c1-14(15-5-9-24-10-6-15)25-19(27)16-7-11-26(12-8-16)30(28,29)18-4-2-3-17(13-18)20(21,22)23/h2-6,9-10,13-14,16H,7-8,11-12H2,1H3,(H,25,27). The maximum atomic E-state index is 12.9. The fourth-order valence-corrected chi connectivity index (χ4v) is 4.92. The predicted molar refractivity (Wildman–Crippen MR) is 104 cm³/mol. The number of hydrogen-bond acceptors (Lipinski definition) is 4. The molecule has 0 spiro atoms.